The van der Waals surface area contributed by atoms with Gasteiger partial charge in [-0.3, -0.25) is 9.59 Å². The second kappa shape index (κ2) is 25.1. The Labute approximate surface area is 354 Å². The molecule has 1 fully saturated rings. The number of carbonyl (C=O) groups excluding carboxylic acids is 4. The first-order valence-electron chi connectivity index (χ1n) is 21.8. The molecular weight excluding hydrogens is 761 g/mol. The molecule has 0 N–H and O–H groups in total. The fourth-order valence-corrected chi connectivity index (χ4v) is 7.15. The van der Waals surface area contributed by atoms with Gasteiger partial charge in [-0.1, -0.05) is 127 Å². The smallest absolute Gasteiger partial charge is 0.434 e. The molecule has 320 valence electrons. The minimum Gasteiger partial charge on any atom is -0.434 e. The van der Waals surface area contributed by atoms with E-state index in [0.29, 0.717) is 61.9 Å². The van der Waals surface area contributed by atoms with Crippen LogP contribution in [-0.4, -0.2) is 37.5 Å². The quantitative estimate of drug-likeness (QED) is 0.0327. The lowest BCUT2D eigenvalue weighted by Gasteiger charge is -2.25. The summed E-state index contributed by atoms with van der Waals surface area (Å²) in [5.41, 5.74) is 3.66. The molecule has 0 heterocycles. The van der Waals surface area contributed by atoms with Crippen molar-refractivity contribution in [2.75, 3.05) is 13.2 Å². The third-order valence-electron chi connectivity index (χ3n) is 10.8. The highest BCUT2D eigenvalue weighted by Gasteiger charge is 2.32. The van der Waals surface area contributed by atoms with Gasteiger partial charge in [0.15, 0.2) is 0 Å². The number of hydrogen-bond donors (Lipinski definition) is 0. The molecule has 0 spiro atoms. The lowest BCUT2D eigenvalue weighted by atomic mass is 9.82. The summed E-state index contributed by atoms with van der Waals surface area (Å²) in [6.07, 6.45) is 14.1. The van der Waals surface area contributed by atoms with E-state index in [1.165, 1.54) is 38.5 Å². The molecular formula is C50H60O10. The summed E-state index contributed by atoms with van der Waals surface area (Å²) in [6, 6.07) is 28.8. The molecule has 0 unspecified atom stereocenters. The molecule has 0 bridgehead atoms. The standard InChI is InChI=1S/C50H60O10/c1-3-5-7-9-11-13-35-55-49(53)59-45-31-23-39(24-32-45)37-19-27-43(28-20-37)57-47(51)41-15-17-42(18-16-41)48(52)58-44-29-21-38(22-30-44)40-25-33-46(34-26-40)60-50(54)56-36-14-12-10-8-6-4-2/h19-34,41-42H,3-18,35-36H2,1-2H3. The van der Waals surface area contributed by atoms with Crippen LogP contribution in [0.25, 0.3) is 22.3 Å². The van der Waals surface area contributed by atoms with Gasteiger partial charge in [0, 0.05) is 0 Å². The van der Waals surface area contributed by atoms with E-state index < -0.39 is 12.3 Å². The van der Waals surface area contributed by atoms with Crippen molar-refractivity contribution in [3.05, 3.63) is 97.1 Å². The number of esters is 2. The highest BCUT2D eigenvalue weighted by molar-refractivity contribution is 5.78. The Morgan fingerprint density at radius 1 is 0.383 bits per heavy atom. The third-order valence-corrected chi connectivity index (χ3v) is 10.8. The van der Waals surface area contributed by atoms with Crippen LogP contribution in [0.5, 0.6) is 23.0 Å². The van der Waals surface area contributed by atoms with Gasteiger partial charge in [0.25, 0.3) is 0 Å². The van der Waals surface area contributed by atoms with Crippen LogP contribution < -0.4 is 18.9 Å². The Morgan fingerprint density at radius 3 is 0.950 bits per heavy atom. The molecule has 1 saturated carbocycles. The minimum atomic E-state index is -0.703. The highest BCUT2D eigenvalue weighted by atomic mass is 16.7. The summed E-state index contributed by atoms with van der Waals surface area (Å²) in [5, 5.41) is 0. The predicted molar refractivity (Wildman–Crippen MR) is 231 cm³/mol. The Hall–Kier alpha value is -5.64. The molecule has 10 heteroatoms. The van der Waals surface area contributed by atoms with Crippen LogP contribution in [-0.2, 0) is 19.1 Å². The molecule has 1 aliphatic rings. The van der Waals surface area contributed by atoms with E-state index in [1.807, 2.05) is 48.5 Å². The summed E-state index contributed by atoms with van der Waals surface area (Å²) in [7, 11) is 0. The zero-order chi connectivity index (χ0) is 42.4. The van der Waals surface area contributed by atoms with Crippen LogP contribution in [0, 0.1) is 11.8 Å². The van der Waals surface area contributed by atoms with E-state index in [-0.39, 0.29) is 23.8 Å². The third kappa shape index (κ3) is 15.5. The van der Waals surface area contributed by atoms with Gasteiger partial charge in [-0.15, -0.1) is 0 Å². The van der Waals surface area contributed by atoms with E-state index in [1.54, 1.807) is 48.5 Å². The van der Waals surface area contributed by atoms with Gasteiger partial charge >= 0.3 is 24.2 Å². The molecule has 0 radical (unpaired) electrons. The van der Waals surface area contributed by atoms with Crippen LogP contribution in [0.1, 0.15) is 117 Å². The van der Waals surface area contributed by atoms with Crippen molar-refractivity contribution >= 4 is 24.2 Å². The summed E-state index contributed by atoms with van der Waals surface area (Å²) in [5.74, 6) is 0.489. The van der Waals surface area contributed by atoms with Gasteiger partial charge in [-0.25, -0.2) is 9.59 Å². The fourth-order valence-electron chi connectivity index (χ4n) is 7.15. The summed E-state index contributed by atoms with van der Waals surface area (Å²) in [6.45, 7) is 5.07. The summed E-state index contributed by atoms with van der Waals surface area (Å²) < 4.78 is 32.4. The molecule has 5 rings (SSSR count). The monoisotopic (exact) mass is 820 g/mol. The Morgan fingerprint density at radius 2 is 0.650 bits per heavy atom. The van der Waals surface area contributed by atoms with E-state index in [2.05, 4.69) is 13.8 Å². The van der Waals surface area contributed by atoms with Gasteiger partial charge in [0.2, 0.25) is 0 Å². The van der Waals surface area contributed by atoms with Gasteiger partial charge in [0.05, 0.1) is 25.0 Å². The van der Waals surface area contributed by atoms with Crippen molar-refractivity contribution in [1.82, 2.24) is 0 Å². The molecule has 0 aromatic heterocycles. The number of benzene rings is 4. The Bertz CT molecular complexity index is 1750. The van der Waals surface area contributed by atoms with E-state index in [4.69, 9.17) is 28.4 Å². The van der Waals surface area contributed by atoms with E-state index in [0.717, 1.165) is 60.8 Å². The largest absolute Gasteiger partial charge is 0.513 e. The number of unbranched alkanes of at least 4 members (excludes halogenated alkanes) is 10. The lowest BCUT2D eigenvalue weighted by molar-refractivity contribution is -0.145. The molecule has 4 aromatic carbocycles. The van der Waals surface area contributed by atoms with Crippen molar-refractivity contribution < 1.29 is 47.6 Å². The maximum Gasteiger partial charge on any atom is 0.513 e. The average Bonchev–Trinajstić information content (AvgIpc) is 3.27. The zero-order valence-electron chi connectivity index (χ0n) is 35.2. The Kier molecular flexibility index (Phi) is 19.0. The van der Waals surface area contributed by atoms with Crippen molar-refractivity contribution in [3.63, 3.8) is 0 Å². The highest BCUT2D eigenvalue weighted by Crippen LogP contribution is 2.33. The van der Waals surface area contributed by atoms with Gasteiger partial charge in [-0.2, -0.15) is 0 Å². The van der Waals surface area contributed by atoms with Crippen LogP contribution >= 0.6 is 0 Å². The number of carbonyl (C=O) groups is 4. The molecule has 0 amide bonds. The molecule has 0 aliphatic heterocycles. The van der Waals surface area contributed by atoms with Crippen LogP contribution in [0.3, 0.4) is 0 Å². The minimum absolute atomic E-state index is 0.300. The van der Waals surface area contributed by atoms with Gasteiger partial charge in [0.1, 0.15) is 23.0 Å². The predicted octanol–water partition coefficient (Wildman–Crippen LogP) is 13.1. The van der Waals surface area contributed by atoms with Crippen molar-refractivity contribution in [2.24, 2.45) is 11.8 Å². The molecule has 4 aromatic rings. The molecule has 1 aliphatic carbocycles. The second-order valence-corrected chi connectivity index (χ2v) is 15.4. The zero-order valence-corrected chi connectivity index (χ0v) is 35.2. The number of ether oxygens (including phenoxy) is 6. The van der Waals surface area contributed by atoms with Crippen molar-refractivity contribution in [1.29, 1.82) is 0 Å². The van der Waals surface area contributed by atoms with Crippen LogP contribution in [0.4, 0.5) is 9.59 Å². The van der Waals surface area contributed by atoms with Crippen molar-refractivity contribution in [2.45, 2.75) is 117 Å². The van der Waals surface area contributed by atoms with Crippen LogP contribution in [0.2, 0.25) is 0 Å². The average molecular weight is 821 g/mol. The first kappa shape index (κ1) is 45.4. The molecule has 60 heavy (non-hydrogen) atoms. The van der Waals surface area contributed by atoms with Crippen LogP contribution in [0.15, 0.2) is 97.1 Å². The van der Waals surface area contributed by atoms with E-state index >= 15 is 0 Å². The topological polar surface area (TPSA) is 124 Å². The maximum absolute atomic E-state index is 13.0. The summed E-state index contributed by atoms with van der Waals surface area (Å²) in [4.78, 5) is 50.2. The second-order valence-electron chi connectivity index (χ2n) is 15.4. The normalized spacial score (nSPS) is 14.8. The first-order chi connectivity index (χ1) is 29.3. The summed E-state index contributed by atoms with van der Waals surface area (Å²) >= 11 is 0. The first-order valence-corrected chi connectivity index (χ1v) is 21.8. The van der Waals surface area contributed by atoms with Crippen molar-refractivity contribution in [3.8, 4) is 45.3 Å². The fraction of sp³-hybridized carbons (Fsp3) is 0.440. The Balaban J connectivity index is 0.977. The van der Waals surface area contributed by atoms with Gasteiger partial charge < -0.3 is 28.4 Å². The number of rotatable bonds is 22. The number of hydrogen-bond acceptors (Lipinski definition) is 10. The molecule has 10 nitrogen and oxygen atoms in total. The van der Waals surface area contributed by atoms with Gasteiger partial charge in [-0.05, 0) is 109 Å². The molecule has 0 saturated heterocycles. The molecule has 0 atom stereocenters. The lowest BCUT2D eigenvalue weighted by Crippen LogP contribution is -2.30. The maximum atomic E-state index is 13.0. The SMILES string of the molecule is CCCCCCCCOC(=O)Oc1ccc(-c2ccc(OC(=O)C3CCC(C(=O)Oc4ccc(-c5ccc(OC(=O)OCCCCCCCC)cc5)cc4)CC3)cc2)cc1. The van der Waals surface area contributed by atoms with E-state index in [9.17, 15) is 19.2 Å².